The van der Waals surface area contributed by atoms with E-state index in [2.05, 4.69) is 10.3 Å². The zero-order chi connectivity index (χ0) is 18.4. The van der Waals surface area contributed by atoms with Crippen LogP contribution in [0.5, 0.6) is 0 Å². The number of halogens is 2. The Hall–Kier alpha value is -3.20. The number of nitrogens with one attached hydrogen (secondary N) is 1. The number of hydrogen-bond donors (Lipinski definition) is 1. The third-order valence-corrected chi connectivity index (χ3v) is 4.76. The molecule has 26 heavy (non-hydrogen) atoms. The Kier molecular flexibility index (Phi) is 3.73. The Morgan fingerprint density at radius 2 is 1.77 bits per heavy atom. The minimum atomic E-state index is -0.836. The molecule has 1 aromatic heterocycles. The molecule has 2 aromatic carbocycles. The van der Waals surface area contributed by atoms with Gasteiger partial charge in [-0.15, -0.1) is 0 Å². The molecule has 6 nitrogen and oxygen atoms in total. The minimum Gasteiger partial charge on any atom is -0.300 e. The van der Waals surface area contributed by atoms with Gasteiger partial charge in [-0.25, -0.2) is 13.8 Å². The van der Waals surface area contributed by atoms with E-state index in [1.54, 1.807) is 12.1 Å². The molecule has 1 N–H and O–H groups in total. The molecule has 9 heteroatoms. The lowest BCUT2D eigenvalue weighted by molar-refractivity contribution is -0.116. The van der Waals surface area contributed by atoms with Gasteiger partial charge in [0.05, 0.1) is 15.8 Å². The number of amides is 3. The summed E-state index contributed by atoms with van der Waals surface area (Å²) in [6.07, 6.45) is 0. The van der Waals surface area contributed by atoms with Crippen molar-refractivity contribution in [2.45, 2.75) is 0 Å². The first kappa shape index (κ1) is 16.3. The van der Waals surface area contributed by atoms with Crippen LogP contribution in [0.2, 0.25) is 0 Å². The maximum atomic E-state index is 13.7. The van der Waals surface area contributed by atoms with Crippen LogP contribution in [-0.4, -0.2) is 34.2 Å². The maximum Gasteiger partial charge on any atom is 0.262 e. The van der Waals surface area contributed by atoms with Gasteiger partial charge >= 0.3 is 0 Å². The summed E-state index contributed by atoms with van der Waals surface area (Å²) in [6, 6.07) is 8.09. The highest BCUT2D eigenvalue weighted by Gasteiger charge is 2.36. The van der Waals surface area contributed by atoms with E-state index < -0.39 is 35.9 Å². The maximum absolute atomic E-state index is 13.7. The molecule has 0 radical (unpaired) electrons. The van der Waals surface area contributed by atoms with Gasteiger partial charge in [0, 0.05) is 6.07 Å². The van der Waals surface area contributed by atoms with Crippen molar-refractivity contribution in [2.24, 2.45) is 0 Å². The van der Waals surface area contributed by atoms with E-state index >= 15 is 0 Å². The molecule has 0 saturated heterocycles. The van der Waals surface area contributed by atoms with Crippen LogP contribution in [-0.2, 0) is 4.79 Å². The summed E-state index contributed by atoms with van der Waals surface area (Å²) in [6.45, 7) is -0.501. The summed E-state index contributed by atoms with van der Waals surface area (Å²) in [4.78, 5) is 41.4. The van der Waals surface area contributed by atoms with Crippen molar-refractivity contribution in [2.75, 3.05) is 11.9 Å². The van der Waals surface area contributed by atoms with Gasteiger partial charge in [-0.3, -0.25) is 19.3 Å². The number of carbonyl (C=O) groups excluding carboxylic acids is 3. The van der Waals surface area contributed by atoms with Gasteiger partial charge in [0.25, 0.3) is 11.8 Å². The predicted molar refractivity (Wildman–Crippen MR) is 90.0 cm³/mol. The fourth-order valence-electron chi connectivity index (χ4n) is 2.70. The smallest absolute Gasteiger partial charge is 0.262 e. The number of benzene rings is 2. The second kappa shape index (κ2) is 5.95. The molecule has 1 aliphatic heterocycles. The summed E-state index contributed by atoms with van der Waals surface area (Å²) in [5.41, 5.74) is 0.415. The third kappa shape index (κ3) is 2.62. The van der Waals surface area contributed by atoms with Gasteiger partial charge in [-0.2, -0.15) is 0 Å². The standard InChI is InChI=1S/C17H9F2N3O3S/c18-8-5-11(19)14-12(6-8)26-17(21-14)20-13(23)7-22-15(24)9-3-1-2-4-10(9)16(22)25/h1-6H,7H2,(H,20,21,23). The second-order valence-electron chi connectivity index (χ2n) is 5.54. The van der Waals surface area contributed by atoms with Crippen LogP contribution < -0.4 is 5.32 Å². The number of aromatic nitrogens is 1. The van der Waals surface area contributed by atoms with Crippen molar-refractivity contribution in [1.29, 1.82) is 0 Å². The Bertz CT molecular complexity index is 1060. The number of hydrogen-bond acceptors (Lipinski definition) is 5. The van der Waals surface area contributed by atoms with Crippen molar-refractivity contribution >= 4 is 44.4 Å². The van der Waals surface area contributed by atoms with Crippen molar-refractivity contribution < 1.29 is 23.2 Å². The van der Waals surface area contributed by atoms with Crippen LogP contribution in [0.15, 0.2) is 36.4 Å². The van der Waals surface area contributed by atoms with E-state index in [0.717, 1.165) is 22.3 Å². The number of nitrogens with zero attached hydrogens (tertiary/aromatic N) is 2. The number of anilines is 1. The molecule has 4 rings (SSSR count). The lowest BCUT2D eigenvalue weighted by Gasteiger charge is -2.12. The Morgan fingerprint density at radius 3 is 2.42 bits per heavy atom. The average Bonchev–Trinajstić information content (AvgIpc) is 3.10. The highest BCUT2D eigenvalue weighted by molar-refractivity contribution is 7.22. The number of rotatable bonds is 3. The summed E-state index contributed by atoms with van der Waals surface area (Å²) in [5, 5.41) is 2.45. The predicted octanol–water partition coefficient (Wildman–Crippen LogP) is 2.81. The lowest BCUT2D eigenvalue weighted by atomic mass is 10.1. The highest BCUT2D eigenvalue weighted by Crippen LogP contribution is 2.29. The first-order valence-corrected chi connectivity index (χ1v) is 8.26. The fourth-order valence-corrected chi connectivity index (χ4v) is 3.62. The zero-order valence-corrected chi connectivity index (χ0v) is 13.8. The lowest BCUT2D eigenvalue weighted by Crippen LogP contribution is -2.37. The van der Waals surface area contributed by atoms with E-state index in [1.807, 2.05) is 0 Å². The molecule has 0 fully saturated rings. The van der Waals surface area contributed by atoms with Crippen LogP contribution in [0.4, 0.5) is 13.9 Å². The van der Waals surface area contributed by atoms with E-state index in [0.29, 0.717) is 6.07 Å². The van der Waals surface area contributed by atoms with E-state index in [-0.39, 0.29) is 26.5 Å². The molecule has 2 heterocycles. The van der Waals surface area contributed by atoms with Gasteiger partial charge < -0.3 is 5.32 Å². The molecule has 1 aliphatic rings. The van der Waals surface area contributed by atoms with Gasteiger partial charge in [0.15, 0.2) is 10.9 Å². The van der Waals surface area contributed by atoms with Gasteiger partial charge in [-0.05, 0) is 18.2 Å². The van der Waals surface area contributed by atoms with Crippen LogP contribution in [0.25, 0.3) is 10.2 Å². The first-order chi connectivity index (χ1) is 12.4. The van der Waals surface area contributed by atoms with Gasteiger partial charge in [0.2, 0.25) is 5.91 Å². The molecule has 0 bridgehead atoms. The molecule has 0 aliphatic carbocycles. The molecule has 130 valence electrons. The molecule has 0 unspecified atom stereocenters. The zero-order valence-electron chi connectivity index (χ0n) is 13.0. The van der Waals surface area contributed by atoms with E-state index in [9.17, 15) is 23.2 Å². The summed E-state index contributed by atoms with van der Waals surface area (Å²) < 4.78 is 27.1. The largest absolute Gasteiger partial charge is 0.300 e. The van der Waals surface area contributed by atoms with Crippen LogP contribution in [0, 0.1) is 11.6 Å². The third-order valence-electron chi connectivity index (χ3n) is 3.84. The van der Waals surface area contributed by atoms with Crippen molar-refractivity contribution in [3.05, 3.63) is 59.2 Å². The Labute approximate surface area is 149 Å². The Morgan fingerprint density at radius 1 is 1.12 bits per heavy atom. The van der Waals surface area contributed by atoms with E-state index in [4.69, 9.17) is 0 Å². The first-order valence-electron chi connectivity index (χ1n) is 7.44. The average molecular weight is 373 g/mol. The van der Waals surface area contributed by atoms with Crippen molar-refractivity contribution in [3.63, 3.8) is 0 Å². The number of fused-ring (bicyclic) bond motifs is 2. The highest BCUT2D eigenvalue weighted by atomic mass is 32.1. The van der Waals surface area contributed by atoms with Crippen LogP contribution in [0.3, 0.4) is 0 Å². The van der Waals surface area contributed by atoms with Gasteiger partial charge in [0.1, 0.15) is 17.9 Å². The molecule has 0 spiro atoms. The number of carbonyl (C=O) groups is 3. The fraction of sp³-hybridized carbons (Fsp3) is 0.0588. The van der Waals surface area contributed by atoms with Crippen LogP contribution in [0.1, 0.15) is 20.7 Å². The van der Waals surface area contributed by atoms with Gasteiger partial charge in [-0.1, -0.05) is 23.5 Å². The summed E-state index contributed by atoms with van der Waals surface area (Å²) >= 11 is 0.889. The minimum absolute atomic E-state index is 0.0473. The topological polar surface area (TPSA) is 79.4 Å². The monoisotopic (exact) mass is 373 g/mol. The van der Waals surface area contributed by atoms with Crippen molar-refractivity contribution in [1.82, 2.24) is 9.88 Å². The molecule has 3 amide bonds. The van der Waals surface area contributed by atoms with Crippen molar-refractivity contribution in [3.8, 4) is 0 Å². The van der Waals surface area contributed by atoms with Crippen LogP contribution >= 0.6 is 11.3 Å². The second-order valence-corrected chi connectivity index (χ2v) is 6.57. The molecular formula is C17H9F2N3O3S. The molecule has 3 aromatic rings. The normalized spacial score (nSPS) is 13.4. The Balaban J connectivity index is 1.52. The number of thiazole rings is 1. The number of imide groups is 1. The molecule has 0 saturated carbocycles. The van der Waals surface area contributed by atoms with E-state index in [1.165, 1.54) is 12.1 Å². The molecule has 0 atom stereocenters. The summed E-state index contributed by atoms with van der Waals surface area (Å²) in [7, 11) is 0. The summed E-state index contributed by atoms with van der Waals surface area (Å²) in [5.74, 6) is -3.37. The molecular weight excluding hydrogens is 364 g/mol. The SMILES string of the molecule is O=C(CN1C(=O)c2ccccc2C1=O)Nc1nc2c(F)cc(F)cc2s1. The quantitative estimate of drug-likeness (QED) is 0.716.